The highest BCUT2D eigenvalue weighted by molar-refractivity contribution is 5.79. The number of hydrogen-bond acceptors (Lipinski definition) is 5. The number of pyridine rings is 1. The third kappa shape index (κ3) is 5.01. The van der Waals surface area contributed by atoms with Gasteiger partial charge in [0.15, 0.2) is 0 Å². The summed E-state index contributed by atoms with van der Waals surface area (Å²) in [6.45, 7) is 0.562. The molecule has 4 rings (SSSR count). The van der Waals surface area contributed by atoms with E-state index in [1.807, 2.05) is 0 Å². The number of hydrogen-bond donors (Lipinski definition) is 1. The molecule has 0 radical (unpaired) electrons. The molecule has 2 aromatic heterocycles. The van der Waals surface area contributed by atoms with Gasteiger partial charge in [0, 0.05) is 18.9 Å². The van der Waals surface area contributed by atoms with E-state index in [-0.39, 0.29) is 36.0 Å². The monoisotopic (exact) mass is 445 g/mol. The molecule has 0 saturated carbocycles. The number of likely N-dealkylation sites (tertiary alicyclic amines) is 1. The Balaban J connectivity index is 1.49. The minimum Gasteiger partial charge on any atom is -0.334 e. The number of halogens is 4. The highest BCUT2D eigenvalue weighted by Crippen LogP contribution is 2.33. The van der Waals surface area contributed by atoms with Gasteiger partial charge in [-0.25, -0.2) is 19.3 Å². The second kappa shape index (κ2) is 8.89. The van der Waals surface area contributed by atoms with Crippen LogP contribution in [-0.4, -0.2) is 32.3 Å². The lowest BCUT2D eigenvalue weighted by Gasteiger charge is -2.24. The van der Waals surface area contributed by atoms with Crippen molar-refractivity contribution in [3.05, 3.63) is 77.5 Å². The molecular weight excluding hydrogens is 426 g/mol. The second-order valence-electron chi connectivity index (χ2n) is 7.41. The van der Waals surface area contributed by atoms with Crippen LogP contribution in [0.2, 0.25) is 0 Å². The van der Waals surface area contributed by atoms with Gasteiger partial charge in [0.25, 0.3) is 0 Å². The Kier molecular flexibility index (Phi) is 6.02. The third-order valence-electron chi connectivity index (χ3n) is 5.19. The summed E-state index contributed by atoms with van der Waals surface area (Å²) in [5, 5.41) is 2.70. The maximum atomic E-state index is 13.1. The smallest absolute Gasteiger partial charge is 0.334 e. The van der Waals surface area contributed by atoms with Crippen LogP contribution in [0.25, 0.3) is 0 Å². The van der Waals surface area contributed by atoms with Gasteiger partial charge in [0.1, 0.15) is 11.6 Å². The molecule has 0 spiro atoms. The van der Waals surface area contributed by atoms with Crippen molar-refractivity contribution in [1.29, 1.82) is 0 Å². The van der Waals surface area contributed by atoms with Crippen molar-refractivity contribution in [3.8, 4) is 0 Å². The van der Waals surface area contributed by atoms with Gasteiger partial charge in [-0.15, -0.1) is 0 Å². The van der Waals surface area contributed by atoms with E-state index < -0.39 is 11.7 Å². The molecule has 166 valence electrons. The number of nitrogens with one attached hydrogen (secondary N) is 1. The zero-order chi connectivity index (χ0) is 22.7. The molecule has 32 heavy (non-hydrogen) atoms. The van der Waals surface area contributed by atoms with E-state index in [9.17, 15) is 22.4 Å². The first-order valence-corrected chi connectivity index (χ1v) is 9.97. The van der Waals surface area contributed by atoms with E-state index in [1.165, 1.54) is 18.3 Å². The van der Waals surface area contributed by atoms with Crippen LogP contribution in [0.3, 0.4) is 0 Å². The molecule has 1 aliphatic rings. The number of anilines is 2. The lowest BCUT2D eigenvalue weighted by molar-refractivity contribution is -0.137. The number of alkyl halides is 3. The van der Waals surface area contributed by atoms with Crippen molar-refractivity contribution in [3.63, 3.8) is 0 Å². The SMILES string of the molecule is O=C(Cc1ccc(F)cc1)N1CCC[C@@H]1c1ccnc(Nc2cc(C(F)(F)F)ccn2)n1. The third-order valence-corrected chi connectivity index (χ3v) is 5.19. The summed E-state index contributed by atoms with van der Waals surface area (Å²) in [6.07, 6.45) is -0.311. The first-order valence-electron chi connectivity index (χ1n) is 9.97. The largest absolute Gasteiger partial charge is 0.416 e. The summed E-state index contributed by atoms with van der Waals surface area (Å²) in [5.41, 5.74) is 0.460. The molecule has 6 nitrogen and oxygen atoms in total. The van der Waals surface area contributed by atoms with Gasteiger partial charge in [-0.05, 0) is 48.7 Å². The molecule has 10 heteroatoms. The minimum absolute atomic E-state index is 0.0346. The fourth-order valence-corrected chi connectivity index (χ4v) is 3.66. The highest BCUT2D eigenvalue weighted by Gasteiger charge is 2.32. The number of amides is 1. The van der Waals surface area contributed by atoms with Crippen molar-refractivity contribution < 1.29 is 22.4 Å². The van der Waals surface area contributed by atoms with Gasteiger partial charge in [0.05, 0.1) is 23.7 Å². The van der Waals surface area contributed by atoms with E-state index >= 15 is 0 Å². The Morgan fingerprint density at radius 3 is 2.59 bits per heavy atom. The molecule has 3 heterocycles. The molecule has 3 aromatic rings. The summed E-state index contributed by atoms with van der Waals surface area (Å²) < 4.78 is 51.9. The van der Waals surface area contributed by atoms with Crippen molar-refractivity contribution >= 4 is 17.7 Å². The quantitative estimate of drug-likeness (QED) is 0.578. The number of aromatic nitrogens is 3. The lowest BCUT2D eigenvalue weighted by Crippen LogP contribution is -2.32. The van der Waals surface area contributed by atoms with E-state index in [0.29, 0.717) is 24.2 Å². The maximum absolute atomic E-state index is 13.1. The first kappa shape index (κ1) is 21.7. The highest BCUT2D eigenvalue weighted by atomic mass is 19.4. The first-order chi connectivity index (χ1) is 15.3. The van der Waals surface area contributed by atoms with Crippen LogP contribution >= 0.6 is 0 Å². The molecular formula is C22H19F4N5O. The topological polar surface area (TPSA) is 71.0 Å². The number of rotatable bonds is 5. The van der Waals surface area contributed by atoms with Gasteiger partial charge in [-0.2, -0.15) is 13.2 Å². The summed E-state index contributed by atoms with van der Waals surface area (Å²) in [6, 6.07) is 8.94. The van der Waals surface area contributed by atoms with Crippen LogP contribution in [0.15, 0.2) is 54.9 Å². The predicted octanol–water partition coefficient (Wildman–Crippen LogP) is 4.68. The Morgan fingerprint density at radius 2 is 1.84 bits per heavy atom. The van der Waals surface area contributed by atoms with Crippen LogP contribution in [0.5, 0.6) is 0 Å². The fourth-order valence-electron chi connectivity index (χ4n) is 3.66. The van der Waals surface area contributed by atoms with Gasteiger partial charge >= 0.3 is 6.18 Å². The lowest BCUT2D eigenvalue weighted by atomic mass is 10.1. The van der Waals surface area contributed by atoms with E-state index in [2.05, 4.69) is 20.3 Å². The summed E-state index contributed by atoms with van der Waals surface area (Å²) >= 11 is 0. The number of carbonyl (C=O) groups is 1. The van der Waals surface area contributed by atoms with E-state index in [1.54, 1.807) is 23.1 Å². The normalized spacial score (nSPS) is 16.2. The number of carbonyl (C=O) groups excluding carboxylic acids is 1. The molecule has 1 atom stereocenters. The average molecular weight is 445 g/mol. The minimum atomic E-state index is -4.49. The van der Waals surface area contributed by atoms with Crippen molar-refractivity contribution in [2.24, 2.45) is 0 Å². The van der Waals surface area contributed by atoms with Gasteiger partial charge < -0.3 is 10.2 Å². The fraction of sp³-hybridized carbons (Fsp3) is 0.273. The van der Waals surface area contributed by atoms with Crippen LogP contribution < -0.4 is 5.32 Å². The van der Waals surface area contributed by atoms with Crippen LogP contribution in [0, 0.1) is 5.82 Å². The van der Waals surface area contributed by atoms with Crippen LogP contribution in [-0.2, 0) is 17.4 Å². The zero-order valence-corrected chi connectivity index (χ0v) is 16.8. The van der Waals surface area contributed by atoms with Gasteiger partial charge in [-0.3, -0.25) is 4.79 Å². The van der Waals surface area contributed by atoms with Gasteiger partial charge in [-0.1, -0.05) is 12.1 Å². The van der Waals surface area contributed by atoms with E-state index in [0.717, 1.165) is 24.8 Å². The standard InChI is InChI=1S/C22H19F4N5O/c23-16-5-3-14(4-6-16)12-20(32)31-11-1-2-18(31)17-8-10-28-21(29-17)30-19-13-15(7-9-27-19)22(24,25)26/h3-10,13,18H,1-2,11-12H2,(H,27,28,29,30)/t18-/m1/s1. The number of nitrogens with zero attached hydrogens (tertiary/aromatic N) is 4. The van der Waals surface area contributed by atoms with Crippen LogP contribution in [0.4, 0.5) is 29.3 Å². The molecule has 1 aromatic carbocycles. The number of benzene rings is 1. The Hall–Kier alpha value is -3.56. The molecule has 1 saturated heterocycles. The molecule has 0 aliphatic carbocycles. The molecule has 0 unspecified atom stereocenters. The van der Waals surface area contributed by atoms with Crippen molar-refractivity contribution in [2.75, 3.05) is 11.9 Å². The molecule has 1 aliphatic heterocycles. The summed E-state index contributed by atoms with van der Waals surface area (Å²) in [5.74, 6) is -0.414. The Morgan fingerprint density at radius 1 is 1.09 bits per heavy atom. The van der Waals surface area contributed by atoms with E-state index in [4.69, 9.17) is 0 Å². The van der Waals surface area contributed by atoms with Crippen molar-refractivity contribution in [1.82, 2.24) is 19.9 Å². The Bertz CT molecular complexity index is 1100. The predicted molar refractivity (Wildman–Crippen MR) is 108 cm³/mol. The second-order valence-corrected chi connectivity index (χ2v) is 7.41. The molecule has 1 fully saturated rings. The molecule has 1 N–H and O–H groups in total. The van der Waals surface area contributed by atoms with Crippen LogP contribution in [0.1, 0.15) is 35.7 Å². The van der Waals surface area contributed by atoms with Gasteiger partial charge in [0.2, 0.25) is 11.9 Å². The average Bonchev–Trinajstić information content (AvgIpc) is 3.25. The zero-order valence-electron chi connectivity index (χ0n) is 16.8. The molecule has 1 amide bonds. The summed E-state index contributed by atoms with van der Waals surface area (Å²) in [7, 11) is 0. The maximum Gasteiger partial charge on any atom is 0.416 e. The Labute approximate surface area is 181 Å². The molecule has 0 bridgehead atoms. The summed E-state index contributed by atoms with van der Waals surface area (Å²) in [4.78, 5) is 26.9. The van der Waals surface area contributed by atoms with Crippen molar-refractivity contribution in [2.45, 2.75) is 31.5 Å².